The maximum Gasteiger partial charge on any atom is 0.251 e. The van der Waals surface area contributed by atoms with Crippen molar-refractivity contribution in [2.75, 3.05) is 12.3 Å². The normalized spacial score (nSPS) is 11.1. The van der Waals surface area contributed by atoms with Crippen LogP contribution in [0.4, 0.5) is 0 Å². The van der Waals surface area contributed by atoms with Gasteiger partial charge in [-0.2, -0.15) is 12.6 Å². The van der Waals surface area contributed by atoms with Crippen LogP contribution in [0.3, 0.4) is 0 Å². The molecule has 1 aromatic rings. The number of amides is 1. The van der Waals surface area contributed by atoms with Gasteiger partial charge in [0, 0.05) is 28.8 Å². The van der Waals surface area contributed by atoms with E-state index in [-0.39, 0.29) is 11.7 Å². The number of thiol groups is 1. The number of ketones is 1. The summed E-state index contributed by atoms with van der Waals surface area (Å²) in [6.45, 7) is 6.17. The van der Waals surface area contributed by atoms with Crippen LogP contribution in [0.15, 0.2) is 24.3 Å². The Morgan fingerprint density at radius 1 is 1.11 bits per heavy atom. The van der Waals surface area contributed by atoms with Gasteiger partial charge >= 0.3 is 0 Å². The summed E-state index contributed by atoms with van der Waals surface area (Å²) in [5, 5.41) is 2.73. The van der Waals surface area contributed by atoms with Gasteiger partial charge in [-0.05, 0) is 12.1 Å². The Kier molecular flexibility index (Phi) is 4.96. The Balaban J connectivity index is 2.80. The van der Waals surface area contributed by atoms with Crippen LogP contribution in [0.1, 0.15) is 41.5 Å². The highest BCUT2D eigenvalue weighted by Gasteiger charge is 2.22. The molecule has 1 rings (SSSR count). The molecule has 3 nitrogen and oxygen atoms in total. The van der Waals surface area contributed by atoms with Gasteiger partial charge < -0.3 is 5.32 Å². The van der Waals surface area contributed by atoms with Gasteiger partial charge in [0.15, 0.2) is 5.78 Å². The highest BCUT2D eigenvalue weighted by molar-refractivity contribution is 7.80. The minimum Gasteiger partial charge on any atom is -0.351 e. The van der Waals surface area contributed by atoms with Crippen LogP contribution in [0, 0.1) is 5.41 Å². The van der Waals surface area contributed by atoms with Crippen molar-refractivity contribution >= 4 is 24.3 Å². The van der Waals surface area contributed by atoms with Crippen molar-refractivity contribution in [1.29, 1.82) is 0 Å². The van der Waals surface area contributed by atoms with Gasteiger partial charge in [0.2, 0.25) is 0 Å². The first-order chi connectivity index (χ1) is 8.36. The number of rotatable bonds is 4. The van der Waals surface area contributed by atoms with E-state index in [1.807, 2.05) is 20.8 Å². The third-order valence-corrected chi connectivity index (χ3v) is 2.71. The lowest BCUT2D eigenvalue weighted by Gasteiger charge is -2.16. The topological polar surface area (TPSA) is 46.2 Å². The van der Waals surface area contributed by atoms with E-state index < -0.39 is 5.41 Å². The zero-order valence-corrected chi connectivity index (χ0v) is 11.9. The molecule has 0 atom stereocenters. The third kappa shape index (κ3) is 3.88. The molecule has 0 bridgehead atoms. The van der Waals surface area contributed by atoms with Gasteiger partial charge in [0.05, 0.1) is 0 Å². The van der Waals surface area contributed by atoms with Crippen LogP contribution >= 0.6 is 12.6 Å². The molecule has 0 aliphatic carbocycles. The lowest BCUT2D eigenvalue weighted by atomic mass is 9.86. The standard InChI is InChI=1S/C14H19NO2S/c1-14(2,3)12(16)10-4-6-11(7-5-10)13(17)15-8-9-18/h4-7,18H,8-9H2,1-3H3,(H,15,17). The molecule has 18 heavy (non-hydrogen) atoms. The fourth-order valence-corrected chi connectivity index (χ4v) is 1.59. The van der Waals surface area contributed by atoms with Crippen LogP contribution in [0.5, 0.6) is 0 Å². The highest BCUT2D eigenvalue weighted by Crippen LogP contribution is 2.20. The summed E-state index contributed by atoms with van der Waals surface area (Å²) in [4.78, 5) is 23.7. The summed E-state index contributed by atoms with van der Waals surface area (Å²) in [7, 11) is 0. The zero-order valence-electron chi connectivity index (χ0n) is 11.0. The molecule has 1 N–H and O–H groups in total. The number of benzene rings is 1. The molecule has 0 saturated carbocycles. The molecule has 1 amide bonds. The molecule has 98 valence electrons. The summed E-state index contributed by atoms with van der Waals surface area (Å²) < 4.78 is 0. The van der Waals surface area contributed by atoms with Gasteiger partial charge in [-0.3, -0.25) is 9.59 Å². The van der Waals surface area contributed by atoms with E-state index in [9.17, 15) is 9.59 Å². The molecule has 0 spiro atoms. The number of carbonyl (C=O) groups excluding carboxylic acids is 2. The molecule has 0 aromatic heterocycles. The lowest BCUT2D eigenvalue weighted by Crippen LogP contribution is -2.25. The van der Waals surface area contributed by atoms with Gasteiger partial charge in [-0.1, -0.05) is 32.9 Å². The summed E-state index contributed by atoms with van der Waals surface area (Å²) in [6, 6.07) is 6.74. The van der Waals surface area contributed by atoms with Crippen molar-refractivity contribution in [2.24, 2.45) is 5.41 Å². The molecule has 0 unspecified atom stereocenters. The van der Waals surface area contributed by atoms with E-state index in [0.717, 1.165) is 0 Å². The third-order valence-electron chi connectivity index (χ3n) is 2.49. The van der Waals surface area contributed by atoms with Crippen LogP contribution in [-0.4, -0.2) is 24.0 Å². The molecular formula is C14H19NO2S. The molecule has 0 aliphatic heterocycles. The SMILES string of the molecule is CC(C)(C)C(=O)c1ccc(C(=O)NCCS)cc1. The summed E-state index contributed by atoms with van der Waals surface area (Å²) in [6.07, 6.45) is 0. The molecule has 0 fully saturated rings. The fourth-order valence-electron chi connectivity index (χ4n) is 1.48. The van der Waals surface area contributed by atoms with Crippen molar-refractivity contribution in [3.8, 4) is 0 Å². The Bertz CT molecular complexity index is 432. The second-order valence-electron chi connectivity index (χ2n) is 5.14. The van der Waals surface area contributed by atoms with Crippen molar-refractivity contribution in [3.05, 3.63) is 35.4 Å². The van der Waals surface area contributed by atoms with Gasteiger partial charge in [-0.15, -0.1) is 0 Å². The molecule has 0 heterocycles. The average molecular weight is 265 g/mol. The van der Waals surface area contributed by atoms with Gasteiger partial charge in [0.1, 0.15) is 0 Å². The molecule has 4 heteroatoms. The Labute approximate surface area is 113 Å². The molecular weight excluding hydrogens is 246 g/mol. The number of Topliss-reactive ketones (excluding diaryl/α,β-unsaturated/α-hetero) is 1. The first-order valence-electron chi connectivity index (χ1n) is 5.90. The smallest absolute Gasteiger partial charge is 0.251 e. The van der Waals surface area contributed by atoms with Crippen molar-refractivity contribution in [1.82, 2.24) is 5.32 Å². The largest absolute Gasteiger partial charge is 0.351 e. The van der Waals surface area contributed by atoms with E-state index in [1.165, 1.54) is 0 Å². The minimum atomic E-state index is -0.407. The molecule has 0 saturated heterocycles. The van der Waals surface area contributed by atoms with Crippen molar-refractivity contribution in [2.45, 2.75) is 20.8 Å². The van der Waals surface area contributed by atoms with Crippen LogP contribution in [0.25, 0.3) is 0 Å². The lowest BCUT2D eigenvalue weighted by molar-refractivity contribution is 0.0857. The van der Waals surface area contributed by atoms with Crippen LogP contribution in [0.2, 0.25) is 0 Å². The molecule has 1 aromatic carbocycles. The minimum absolute atomic E-state index is 0.0739. The van der Waals surface area contributed by atoms with E-state index in [4.69, 9.17) is 0 Å². The maximum atomic E-state index is 12.0. The summed E-state index contributed by atoms with van der Waals surface area (Å²) in [5.74, 6) is 0.537. The monoisotopic (exact) mass is 265 g/mol. The number of hydrogen-bond donors (Lipinski definition) is 2. The van der Waals surface area contributed by atoms with Crippen LogP contribution < -0.4 is 5.32 Å². The predicted molar refractivity (Wildman–Crippen MR) is 76.4 cm³/mol. The van der Waals surface area contributed by atoms with Gasteiger partial charge in [0.25, 0.3) is 5.91 Å². The van der Waals surface area contributed by atoms with Crippen molar-refractivity contribution in [3.63, 3.8) is 0 Å². The molecule has 0 aliphatic rings. The van der Waals surface area contributed by atoms with E-state index >= 15 is 0 Å². The Morgan fingerprint density at radius 2 is 1.61 bits per heavy atom. The highest BCUT2D eigenvalue weighted by atomic mass is 32.1. The Hall–Kier alpha value is -1.29. The second-order valence-corrected chi connectivity index (χ2v) is 5.58. The van der Waals surface area contributed by atoms with E-state index in [2.05, 4.69) is 17.9 Å². The second kappa shape index (κ2) is 6.05. The van der Waals surface area contributed by atoms with Gasteiger partial charge in [-0.25, -0.2) is 0 Å². The fraction of sp³-hybridized carbons (Fsp3) is 0.429. The quantitative estimate of drug-likeness (QED) is 0.649. The van der Waals surface area contributed by atoms with Crippen LogP contribution in [-0.2, 0) is 0 Å². The number of nitrogens with one attached hydrogen (secondary N) is 1. The predicted octanol–water partition coefficient (Wildman–Crippen LogP) is 2.58. The molecule has 0 radical (unpaired) electrons. The van der Waals surface area contributed by atoms with E-state index in [0.29, 0.717) is 23.4 Å². The number of hydrogen-bond acceptors (Lipinski definition) is 3. The summed E-state index contributed by atoms with van der Waals surface area (Å²) in [5.41, 5.74) is 0.783. The summed E-state index contributed by atoms with van der Waals surface area (Å²) >= 11 is 4.02. The zero-order chi connectivity index (χ0) is 13.8. The first-order valence-corrected chi connectivity index (χ1v) is 6.53. The van der Waals surface area contributed by atoms with E-state index in [1.54, 1.807) is 24.3 Å². The van der Waals surface area contributed by atoms with Crippen molar-refractivity contribution < 1.29 is 9.59 Å². The Morgan fingerprint density at radius 3 is 2.06 bits per heavy atom. The first kappa shape index (κ1) is 14.8. The maximum absolute atomic E-state index is 12.0. The average Bonchev–Trinajstić information content (AvgIpc) is 2.34. The number of carbonyl (C=O) groups is 2.